The Balaban J connectivity index is 1.99. The number of rotatable bonds is 9. The summed E-state index contributed by atoms with van der Waals surface area (Å²) in [6.07, 6.45) is 2.27. The first kappa shape index (κ1) is 20.9. The van der Waals surface area contributed by atoms with Gasteiger partial charge >= 0.3 is 0 Å². The van der Waals surface area contributed by atoms with Crippen LogP contribution in [-0.2, 0) is 16.6 Å². The van der Waals surface area contributed by atoms with Gasteiger partial charge in [-0.15, -0.1) is 0 Å². The molecule has 146 valence electrons. The van der Waals surface area contributed by atoms with E-state index in [1.54, 1.807) is 30.3 Å². The van der Waals surface area contributed by atoms with E-state index in [2.05, 4.69) is 21.9 Å². The minimum absolute atomic E-state index is 0.177. The SMILES string of the molecule is CCCCN(C)c1ccc(C(=O)NCc2cccc(S(=O)(=O)NC)c2)cc1. The molecule has 0 radical (unpaired) electrons. The minimum atomic E-state index is -3.50. The summed E-state index contributed by atoms with van der Waals surface area (Å²) in [6.45, 7) is 3.39. The van der Waals surface area contributed by atoms with E-state index in [-0.39, 0.29) is 17.3 Å². The third-order valence-corrected chi connectivity index (χ3v) is 5.76. The van der Waals surface area contributed by atoms with Gasteiger partial charge in [0.05, 0.1) is 4.90 Å². The van der Waals surface area contributed by atoms with Gasteiger partial charge < -0.3 is 10.2 Å². The van der Waals surface area contributed by atoms with E-state index in [0.717, 1.165) is 30.6 Å². The molecule has 2 aromatic rings. The molecule has 0 aliphatic rings. The zero-order valence-corrected chi connectivity index (χ0v) is 16.8. The van der Waals surface area contributed by atoms with E-state index in [0.29, 0.717) is 5.56 Å². The summed E-state index contributed by atoms with van der Waals surface area (Å²) in [6, 6.07) is 14.0. The first-order chi connectivity index (χ1) is 12.9. The Bertz CT molecular complexity index is 864. The molecule has 0 heterocycles. The highest BCUT2D eigenvalue weighted by atomic mass is 32.2. The molecule has 2 aromatic carbocycles. The summed E-state index contributed by atoms with van der Waals surface area (Å²) in [4.78, 5) is 14.7. The van der Waals surface area contributed by atoms with Crippen LogP contribution in [0.15, 0.2) is 53.4 Å². The molecule has 0 saturated heterocycles. The van der Waals surface area contributed by atoms with Crippen LogP contribution in [0.25, 0.3) is 0 Å². The van der Waals surface area contributed by atoms with Crippen LogP contribution in [0, 0.1) is 0 Å². The average molecular weight is 390 g/mol. The molecule has 2 rings (SSSR count). The van der Waals surface area contributed by atoms with Crippen molar-refractivity contribution < 1.29 is 13.2 Å². The van der Waals surface area contributed by atoms with Crippen LogP contribution in [0.1, 0.15) is 35.7 Å². The molecule has 0 unspecified atom stereocenters. The lowest BCUT2D eigenvalue weighted by Crippen LogP contribution is -2.24. The standard InChI is InChI=1S/C20H27N3O3S/c1-4-5-13-23(3)18-11-9-17(10-12-18)20(24)22-15-16-7-6-8-19(14-16)27(25,26)21-2/h6-12,14,21H,4-5,13,15H2,1-3H3,(H,22,24). The normalized spacial score (nSPS) is 11.2. The fourth-order valence-electron chi connectivity index (χ4n) is 2.62. The fourth-order valence-corrected chi connectivity index (χ4v) is 3.42. The number of carbonyl (C=O) groups is 1. The quantitative estimate of drug-likeness (QED) is 0.691. The topological polar surface area (TPSA) is 78.5 Å². The van der Waals surface area contributed by atoms with Crippen molar-refractivity contribution in [3.05, 3.63) is 59.7 Å². The molecule has 1 amide bonds. The number of unbranched alkanes of at least 4 members (excludes halogenated alkanes) is 1. The molecule has 0 saturated carbocycles. The van der Waals surface area contributed by atoms with Crippen molar-refractivity contribution in [2.45, 2.75) is 31.2 Å². The maximum atomic E-state index is 12.4. The number of nitrogens with zero attached hydrogens (tertiary/aromatic N) is 1. The molecular weight excluding hydrogens is 362 g/mol. The zero-order chi connectivity index (χ0) is 19.9. The largest absolute Gasteiger partial charge is 0.375 e. The van der Waals surface area contributed by atoms with Gasteiger partial charge in [0.1, 0.15) is 0 Å². The minimum Gasteiger partial charge on any atom is -0.375 e. The van der Waals surface area contributed by atoms with E-state index in [9.17, 15) is 13.2 Å². The molecule has 2 N–H and O–H groups in total. The van der Waals surface area contributed by atoms with Crippen molar-refractivity contribution in [1.82, 2.24) is 10.0 Å². The number of sulfonamides is 1. The Labute approximate surface area is 161 Å². The molecule has 27 heavy (non-hydrogen) atoms. The molecule has 7 heteroatoms. The smallest absolute Gasteiger partial charge is 0.251 e. The number of anilines is 1. The van der Waals surface area contributed by atoms with Crippen molar-refractivity contribution in [2.75, 3.05) is 25.5 Å². The molecule has 0 bridgehead atoms. The molecule has 0 fully saturated rings. The van der Waals surface area contributed by atoms with Gasteiger partial charge in [-0.2, -0.15) is 0 Å². The lowest BCUT2D eigenvalue weighted by atomic mass is 10.1. The lowest BCUT2D eigenvalue weighted by molar-refractivity contribution is 0.0951. The predicted molar refractivity (Wildman–Crippen MR) is 108 cm³/mol. The Morgan fingerprint density at radius 2 is 1.81 bits per heavy atom. The van der Waals surface area contributed by atoms with Gasteiger partial charge in [-0.05, 0) is 55.4 Å². The van der Waals surface area contributed by atoms with Crippen molar-refractivity contribution in [2.24, 2.45) is 0 Å². The molecule has 0 aromatic heterocycles. The van der Waals surface area contributed by atoms with Gasteiger partial charge in [0.15, 0.2) is 0 Å². The van der Waals surface area contributed by atoms with Crippen LogP contribution >= 0.6 is 0 Å². The predicted octanol–water partition coefficient (Wildman–Crippen LogP) is 2.76. The summed E-state index contributed by atoms with van der Waals surface area (Å²) in [5.41, 5.74) is 2.36. The summed E-state index contributed by atoms with van der Waals surface area (Å²) in [5.74, 6) is -0.195. The van der Waals surface area contributed by atoms with Gasteiger partial charge in [0, 0.05) is 31.4 Å². The van der Waals surface area contributed by atoms with Gasteiger partial charge in [-0.25, -0.2) is 13.1 Å². The molecule has 6 nitrogen and oxygen atoms in total. The molecule has 0 spiro atoms. The Morgan fingerprint density at radius 3 is 2.44 bits per heavy atom. The second kappa shape index (κ2) is 9.53. The van der Waals surface area contributed by atoms with Crippen LogP contribution < -0.4 is 14.9 Å². The van der Waals surface area contributed by atoms with E-state index >= 15 is 0 Å². The third-order valence-electron chi connectivity index (χ3n) is 4.35. The number of nitrogens with one attached hydrogen (secondary N) is 2. The average Bonchev–Trinajstić information content (AvgIpc) is 2.70. The van der Waals surface area contributed by atoms with Gasteiger partial charge in [0.2, 0.25) is 10.0 Å². The first-order valence-electron chi connectivity index (χ1n) is 8.99. The maximum Gasteiger partial charge on any atom is 0.251 e. The van der Waals surface area contributed by atoms with E-state index < -0.39 is 10.0 Å². The zero-order valence-electron chi connectivity index (χ0n) is 16.0. The van der Waals surface area contributed by atoms with Crippen LogP contribution in [0.4, 0.5) is 5.69 Å². The van der Waals surface area contributed by atoms with Crippen LogP contribution in [0.2, 0.25) is 0 Å². The number of amides is 1. The summed E-state index contributed by atoms with van der Waals surface area (Å²) < 4.78 is 26.0. The highest BCUT2D eigenvalue weighted by Gasteiger charge is 2.12. The van der Waals surface area contributed by atoms with Crippen molar-refractivity contribution in [1.29, 1.82) is 0 Å². The highest BCUT2D eigenvalue weighted by molar-refractivity contribution is 7.89. The number of benzene rings is 2. The second-order valence-electron chi connectivity index (χ2n) is 6.36. The third kappa shape index (κ3) is 5.80. The Morgan fingerprint density at radius 1 is 1.11 bits per heavy atom. The Kier molecular flexibility index (Phi) is 7.38. The van der Waals surface area contributed by atoms with Gasteiger partial charge in [0.25, 0.3) is 5.91 Å². The van der Waals surface area contributed by atoms with E-state index in [1.807, 2.05) is 19.2 Å². The van der Waals surface area contributed by atoms with E-state index in [4.69, 9.17) is 0 Å². The second-order valence-corrected chi connectivity index (χ2v) is 8.25. The molecule has 0 aliphatic carbocycles. The monoisotopic (exact) mass is 389 g/mol. The first-order valence-corrected chi connectivity index (χ1v) is 10.5. The van der Waals surface area contributed by atoms with Crippen molar-refractivity contribution in [3.8, 4) is 0 Å². The van der Waals surface area contributed by atoms with Crippen LogP contribution in [0.3, 0.4) is 0 Å². The Hall–Kier alpha value is -2.38. The molecule has 0 atom stereocenters. The van der Waals surface area contributed by atoms with Crippen LogP contribution in [0.5, 0.6) is 0 Å². The molecular formula is C20H27N3O3S. The number of hydrogen-bond donors (Lipinski definition) is 2. The fraction of sp³-hybridized carbons (Fsp3) is 0.350. The summed E-state index contributed by atoms with van der Waals surface area (Å²) in [5, 5.41) is 2.83. The number of carbonyl (C=O) groups excluding carboxylic acids is 1. The lowest BCUT2D eigenvalue weighted by Gasteiger charge is -2.19. The van der Waals surface area contributed by atoms with Gasteiger partial charge in [-0.1, -0.05) is 25.5 Å². The molecule has 0 aliphatic heterocycles. The number of hydrogen-bond acceptors (Lipinski definition) is 4. The highest BCUT2D eigenvalue weighted by Crippen LogP contribution is 2.15. The summed E-state index contributed by atoms with van der Waals surface area (Å²) in [7, 11) is -0.0917. The van der Waals surface area contributed by atoms with Gasteiger partial charge in [-0.3, -0.25) is 4.79 Å². The van der Waals surface area contributed by atoms with E-state index in [1.165, 1.54) is 13.1 Å². The van der Waals surface area contributed by atoms with Crippen molar-refractivity contribution in [3.63, 3.8) is 0 Å². The summed E-state index contributed by atoms with van der Waals surface area (Å²) >= 11 is 0. The maximum absolute atomic E-state index is 12.4. The van der Waals surface area contributed by atoms with Crippen molar-refractivity contribution >= 4 is 21.6 Å². The van der Waals surface area contributed by atoms with Crippen LogP contribution in [-0.4, -0.2) is 35.0 Å².